The maximum absolute atomic E-state index is 12.7. The van der Waals surface area contributed by atoms with Gasteiger partial charge in [-0.25, -0.2) is 0 Å². The van der Waals surface area contributed by atoms with Crippen LogP contribution in [0.15, 0.2) is 35.7 Å². The zero-order chi connectivity index (χ0) is 14.7. The molecular weight excluding hydrogens is 327 g/mol. The van der Waals surface area contributed by atoms with Gasteiger partial charge < -0.3 is 0 Å². The highest BCUT2D eigenvalue weighted by Gasteiger charge is 2.35. The molecule has 1 aliphatic rings. The molecule has 2 aromatic carbocycles. The molecule has 0 saturated carbocycles. The van der Waals surface area contributed by atoms with Gasteiger partial charge in [0.1, 0.15) is 0 Å². The van der Waals surface area contributed by atoms with E-state index in [1.54, 1.807) is 24.3 Å². The van der Waals surface area contributed by atoms with Crippen LogP contribution in [0, 0.1) is 0 Å². The highest BCUT2D eigenvalue weighted by atomic mass is 35.5. The van der Waals surface area contributed by atoms with Crippen molar-refractivity contribution in [1.29, 1.82) is 0 Å². The van der Waals surface area contributed by atoms with Crippen LogP contribution in [0.2, 0.25) is 10.0 Å². The number of hydrogen-bond donors (Lipinski definition) is 0. The molecule has 1 aliphatic carbocycles. The summed E-state index contributed by atoms with van der Waals surface area (Å²) < 4.78 is 0.737. The van der Waals surface area contributed by atoms with Crippen molar-refractivity contribution in [3.8, 4) is 0 Å². The van der Waals surface area contributed by atoms with Gasteiger partial charge in [-0.2, -0.15) is 0 Å². The van der Waals surface area contributed by atoms with Crippen molar-refractivity contribution in [2.75, 3.05) is 0 Å². The van der Waals surface area contributed by atoms with Gasteiger partial charge in [0.05, 0.1) is 25.9 Å². The summed E-state index contributed by atoms with van der Waals surface area (Å²) in [5.41, 5.74) is 1.20. The van der Waals surface area contributed by atoms with Gasteiger partial charge >= 0.3 is 0 Å². The molecule has 21 heavy (non-hydrogen) atoms. The highest BCUT2D eigenvalue weighted by molar-refractivity contribution is 7.18. The van der Waals surface area contributed by atoms with Crippen LogP contribution in [0.3, 0.4) is 0 Å². The summed E-state index contributed by atoms with van der Waals surface area (Å²) in [7, 11) is 0. The molecule has 0 N–H and O–H groups in total. The maximum atomic E-state index is 12.7. The summed E-state index contributed by atoms with van der Waals surface area (Å²) in [6.45, 7) is 0. The number of halogens is 2. The molecule has 0 amide bonds. The third kappa shape index (κ3) is 1.59. The first-order chi connectivity index (χ1) is 10.1. The summed E-state index contributed by atoms with van der Waals surface area (Å²) in [4.78, 5) is 25.4. The van der Waals surface area contributed by atoms with E-state index in [2.05, 4.69) is 0 Å². The number of hydrogen-bond acceptors (Lipinski definition) is 3. The Kier molecular flexibility index (Phi) is 2.73. The molecule has 0 fully saturated rings. The van der Waals surface area contributed by atoms with E-state index >= 15 is 0 Å². The number of fused-ring (bicyclic) bond motifs is 3. The lowest BCUT2D eigenvalue weighted by Crippen LogP contribution is -2.21. The van der Waals surface area contributed by atoms with E-state index in [1.165, 1.54) is 11.3 Å². The molecule has 0 unspecified atom stereocenters. The molecule has 0 spiro atoms. The molecule has 1 heterocycles. The van der Waals surface area contributed by atoms with Crippen LogP contribution < -0.4 is 0 Å². The van der Waals surface area contributed by atoms with Gasteiger partial charge in [-0.05, 0) is 11.4 Å². The van der Waals surface area contributed by atoms with Crippen LogP contribution in [0.5, 0.6) is 0 Å². The summed E-state index contributed by atoms with van der Waals surface area (Å²) in [6.07, 6.45) is 0. The molecule has 4 rings (SSSR count). The number of ketones is 2. The highest BCUT2D eigenvalue weighted by Crippen LogP contribution is 2.43. The molecule has 2 nitrogen and oxygen atoms in total. The third-order valence-corrected chi connectivity index (χ3v) is 5.47. The van der Waals surface area contributed by atoms with Crippen molar-refractivity contribution in [2.45, 2.75) is 0 Å². The number of carbonyl (C=O) groups excluding carboxylic acids is 2. The second-order valence-electron chi connectivity index (χ2n) is 4.75. The maximum Gasteiger partial charge on any atom is 0.196 e. The molecule has 0 aliphatic heterocycles. The largest absolute Gasteiger partial charge is 0.289 e. The van der Waals surface area contributed by atoms with Crippen LogP contribution >= 0.6 is 34.5 Å². The normalized spacial score (nSPS) is 13.4. The van der Waals surface area contributed by atoms with Crippen LogP contribution in [0.25, 0.3) is 10.1 Å². The van der Waals surface area contributed by atoms with Crippen LogP contribution in [0.4, 0.5) is 0 Å². The molecule has 1 aromatic heterocycles. The summed E-state index contributed by atoms with van der Waals surface area (Å²) in [5, 5.41) is 3.17. The molecular formula is C16H6Cl2O2S. The second kappa shape index (κ2) is 4.41. The summed E-state index contributed by atoms with van der Waals surface area (Å²) in [5.74, 6) is -0.498. The van der Waals surface area contributed by atoms with E-state index in [0.29, 0.717) is 26.6 Å². The third-order valence-electron chi connectivity index (χ3n) is 3.66. The van der Waals surface area contributed by atoms with Crippen molar-refractivity contribution in [3.63, 3.8) is 0 Å². The molecule has 0 atom stereocenters. The first-order valence-corrected chi connectivity index (χ1v) is 7.81. The summed E-state index contributed by atoms with van der Waals surface area (Å²) >= 11 is 14.2. The van der Waals surface area contributed by atoms with E-state index in [1.807, 2.05) is 11.4 Å². The lowest BCUT2D eigenvalue weighted by atomic mass is 9.83. The van der Waals surface area contributed by atoms with E-state index in [0.717, 1.165) is 4.70 Å². The minimum absolute atomic E-state index is 0.219. The lowest BCUT2D eigenvalue weighted by molar-refractivity contribution is 0.0979. The Morgan fingerprint density at radius 3 is 2.00 bits per heavy atom. The smallest absolute Gasteiger partial charge is 0.196 e. The molecule has 102 valence electrons. The molecule has 3 aromatic rings. The average molecular weight is 333 g/mol. The van der Waals surface area contributed by atoms with Gasteiger partial charge in [-0.3, -0.25) is 9.59 Å². The first-order valence-electron chi connectivity index (χ1n) is 6.18. The Morgan fingerprint density at radius 1 is 0.810 bits per heavy atom. The van der Waals surface area contributed by atoms with Crippen LogP contribution in [0.1, 0.15) is 31.8 Å². The van der Waals surface area contributed by atoms with Crippen LogP contribution in [-0.4, -0.2) is 11.6 Å². The van der Waals surface area contributed by atoms with Crippen molar-refractivity contribution in [1.82, 2.24) is 0 Å². The SMILES string of the molecule is O=C1c2ccccc2C(=O)c2c1c(Cl)c1ccsc1c2Cl. The standard InChI is InChI=1S/C16H6Cl2O2S/c17-12-9-5-6-21-16(9)13(18)11-10(12)14(19)7-3-1-2-4-8(7)15(11)20/h1-6H. The first kappa shape index (κ1) is 13.0. The second-order valence-corrected chi connectivity index (χ2v) is 6.42. The van der Waals surface area contributed by atoms with Gasteiger partial charge in [-0.1, -0.05) is 47.5 Å². The Hall–Kier alpha value is -1.68. The number of carbonyl (C=O) groups is 2. The quantitative estimate of drug-likeness (QED) is 0.455. The zero-order valence-electron chi connectivity index (χ0n) is 10.4. The van der Waals surface area contributed by atoms with Gasteiger partial charge in [0.15, 0.2) is 11.6 Å². The minimum atomic E-state index is -0.250. The Labute approximate surface area is 133 Å². The Morgan fingerprint density at radius 2 is 1.38 bits per heavy atom. The van der Waals surface area contributed by atoms with Crippen molar-refractivity contribution < 1.29 is 9.59 Å². The molecule has 0 radical (unpaired) electrons. The number of rotatable bonds is 0. The fourth-order valence-corrected chi connectivity index (χ4v) is 4.35. The Bertz CT molecular complexity index is 881. The van der Waals surface area contributed by atoms with E-state index < -0.39 is 0 Å². The van der Waals surface area contributed by atoms with Gasteiger partial charge in [0, 0.05) is 16.5 Å². The fourth-order valence-electron chi connectivity index (χ4n) is 2.69. The zero-order valence-corrected chi connectivity index (χ0v) is 12.8. The van der Waals surface area contributed by atoms with Crippen molar-refractivity contribution in [2.24, 2.45) is 0 Å². The predicted molar refractivity (Wildman–Crippen MR) is 85.2 cm³/mol. The van der Waals surface area contributed by atoms with Gasteiger partial charge in [-0.15, -0.1) is 11.3 Å². The lowest BCUT2D eigenvalue weighted by Gasteiger charge is -2.20. The number of benzene rings is 2. The van der Waals surface area contributed by atoms with Crippen molar-refractivity contribution >= 4 is 56.2 Å². The topological polar surface area (TPSA) is 34.1 Å². The summed E-state index contributed by atoms with van der Waals surface area (Å²) in [6, 6.07) is 8.55. The molecule has 0 saturated heterocycles. The molecule has 0 bridgehead atoms. The minimum Gasteiger partial charge on any atom is -0.289 e. The number of thiophene rings is 1. The van der Waals surface area contributed by atoms with E-state index in [-0.39, 0.29) is 22.7 Å². The van der Waals surface area contributed by atoms with Crippen molar-refractivity contribution in [3.05, 3.63) is 68.0 Å². The molecule has 5 heteroatoms. The Balaban J connectivity index is 2.20. The predicted octanol–water partition coefficient (Wildman–Crippen LogP) is 4.98. The van der Waals surface area contributed by atoms with E-state index in [4.69, 9.17) is 23.2 Å². The van der Waals surface area contributed by atoms with Gasteiger partial charge in [0.25, 0.3) is 0 Å². The van der Waals surface area contributed by atoms with Crippen LogP contribution in [-0.2, 0) is 0 Å². The monoisotopic (exact) mass is 332 g/mol. The average Bonchev–Trinajstić information content (AvgIpc) is 2.98. The van der Waals surface area contributed by atoms with E-state index in [9.17, 15) is 9.59 Å². The fraction of sp³-hybridized carbons (Fsp3) is 0. The van der Waals surface area contributed by atoms with Gasteiger partial charge in [0.2, 0.25) is 0 Å².